The Morgan fingerprint density at radius 3 is 1.95 bits per heavy atom. The number of hydrogen-bond acceptors (Lipinski definition) is 1. The van der Waals surface area contributed by atoms with Gasteiger partial charge in [-0.15, -0.1) is 0 Å². The Labute approximate surface area is 126 Å². The van der Waals surface area contributed by atoms with Crippen molar-refractivity contribution < 1.29 is 4.48 Å². The first-order chi connectivity index (χ1) is 9.03. The smallest absolute Gasteiger partial charge is 0.0909 e. The lowest BCUT2D eigenvalue weighted by atomic mass is 9.42. The molecule has 0 radical (unpaired) electrons. The number of nitrogens with zero attached hydrogens (tertiary/aromatic N) is 2. The quantitative estimate of drug-likeness (QED) is 0.713. The van der Waals surface area contributed by atoms with Crippen LogP contribution in [0, 0.1) is 16.7 Å². The molecule has 20 heavy (non-hydrogen) atoms. The monoisotopic (exact) mass is 279 g/mol. The highest BCUT2D eigenvalue weighted by atomic mass is 15.3. The van der Waals surface area contributed by atoms with E-state index in [1.54, 1.807) is 0 Å². The van der Waals surface area contributed by atoms with Crippen molar-refractivity contribution in [3.63, 3.8) is 0 Å². The van der Waals surface area contributed by atoms with Crippen LogP contribution in [0.5, 0.6) is 0 Å². The molecule has 4 fully saturated rings. The van der Waals surface area contributed by atoms with Crippen molar-refractivity contribution in [2.75, 3.05) is 41.3 Å². The molecule has 0 spiro atoms. The van der Waals surface area contributed by atoms with Gasteiger partial charge in [0.1, 0.15) is 0 Å². The van der Waals surface area contributed by atoms with Gasteiger partial charge in [-0.3, -0.25) is 4.90 Å². The van der Waals surface area contributed by atoms with Gasteiger partial charge >= 0.3 is 0 Å². The standard InChI is InChI=1S/C18H35N2/c1-16-9-15-10-17(2,12-16)14-18(11-15,13-16)19(3)7-8-20(4,5)6/h15H,7-14H2,1-6H3/q+1. The average Bonchev–Trinajstić information content (AvgIpc) is 2.19. The first-order valence-corrected chi connectivity index (χ1v) is 8.55. The van der Waals surface area contributed by atoms with Crippen LogP contribution in [0.1, 0.15) is 52.4 Å². The fourth-order valence-corrected chi connectivity index (χ4v) is 6.50. The molecule has 4 bridgehead atoms. The van der Waals surface area contributed by atoms with Crippen LogP contribution in [-0.4, -0.2) is 56.2 Å². The fourth-order valence-electron chi connectivity index (χ4n) is 6.50. The molecule has 0 aromatic rings. The Kier molecular flexibility index (Phi) is 3.14. The van der Waals surface area contributed by atoms with Gasteiger partial charge in [-0.2, -0.15) is 0 Å². The minimum atomic E-state index is 0.526. The lowest BCUT2D eigenvalue weighted by Gasteiger charge is -2.67. The second-order valence-corrected chi connectivity index (χ2v) is 10.3. The van der Waals surface area contributed by atoms with E-state index < -0.39 is 0 Å². The predicted molar refractivity (Wildman–Crippen MR) is 85.7 cm³/mol. The van der Waals surface area contributed by atoms with Crippen molar-refractivity contribution in [1.82, 2.24) is 4.90 Å². The summed E-state index contributed by atoms with van der Waals surface area (Å²) in [6.45, 7) is 7.68. The van der Waals surface area contributed by atoms with E-state index in [1.807, 2.05) is 0 Å². The van der Waals surface area contributed by atoms with Crippen molar-refractivity contribution in [3.05, 3.63) is 0 Å². The lowest BCUT2D eigenvalue weighted by molar-refractivity contribution is -0.869. The highest BCUT2D eigenvalue weighted by molar-refractivity contribution is 5.14. The zero-order valence-corrected chi connectivity index (χ0v) is 14.6. The van der Waals surface area contributed by atoms with Crippen molar-refractivity contribution in [2.24, 2.45) is 16.7 Å². The molecule has 0 aromatic heterocycles. The third-order valence-electron chi connectivity index (χ3n) is 6.51. The van der Waals surface area contributed by atoms with Crippen LogP contribution in [0.25, 0.3) is 0 Å². The maximum absolute atomic E-state index is 2.76. The van der Waals surface area contributed by atoms with E-state index in [-0.39, 0.29) is 0 Å². The summed E-state index contributed by atoms with van der Waals surface area (Å²) in [7, 11) is 9.36. The zero-order valence-electron chi connectivity index (χ0n) is 14.6. The molecule has 2 atom stereocenters. The van der Waals surface area contributed by atoms with Crippen LogP contribution in [0.3, 0.4) is 0 Å². The van der Waals surface area contributed by atoms with Gasteiger partial charge in [-0.25, -0.2) is 0 Å². The van der Waals surface area contributed by atoms with Crippen LogP contribution in [0.4, 0.5) is 0 Å². The summed E-state index contributed by atoms with van der Waals surface area (Å²) < 4.78 is 1.08. The minimum absolute atomic E-state index is 0.526. The van der Waals surface area contributed by atoms with Crippen LogP contribution in [0.2, 0.25) is 0 Å². The predicted octanol–water partition coefficient (Wildman–Crippen LogP) is 3.37. The Balaban J connectivity index is 1.78. The van der Waals surface area contributed by atoms with Gasteiger partial charge in [0.05, 0.1) is 27.7 Å². The van der Waals surface area contributed by atoms with Crippen LogP contribution in [-0.2, 0) is 0 Å². The number of quaternary nitrogens is 1. The van der Waals surface area contributed by atoms with Gasteiger partial charge in [-0.1, -0.05) is 13.8 Å². The molecule has 2 nitrogen and oxygen atoms in total. The lowest BCUT2D eigenvalue weighted by Crippen LogP contribution is -2.65. The van der Waals surface area contributed by atoms with E-state index in [4.69, 9.17) is 0 Å². The van der Waals surface area contributed by atoms with Crippen molar-refractivity contribution in [2.45, 2.75) is 57.9 Å². The second kappa shape index (κ2) is 4.23. The molecule has 4 rings (SSSR count). The Morgan fingerprint density at radius 1 is 0.950 bits per heavy atom. The molecule has 0 heterocycles. The molecule has 0 aromatic carbocycles. The second-order valence-electron chi connectivity index (χ2n) is 10.3. The Morgan fingerprint density at radius 2 is 1.50 bits per heavy atom. The normalized spacial score (nSPS) is 47.2. The highest BCUT2D eigenvalue weighted by Gasteiger charge is 2.61. The van der Waals surface area contributed by atoms with Crippen LogP contribution < -0.4 is 0 Å². The first kappa shape index (κ1) is 14.8. The number of hydrogen-bond donors (Lipinski definition) is 0. The van der Waals surface area contributed by atoms with E-state index in [1.165, 1.54) is 51.6 Å². The molecule has 2 unspecified atom stereocenters. The van der Waals surface area contributed by atoms with E-state index in [2.05, 4.69) is 46.9 Å². The summed E-state index contributed by atoms with van der Waals surface area (Å²) in [4.78, 5) is 2.76. The third-order valence-corrected chi connectivity index (χ3v) is 6.51. The Hall–Kier alpha value is -0.0800. The van der Waals surface area contributed by atoms with E-state index in [0.717, 1.165) is 10.4 Å². The van der Waals surface area contributed by atoms with Crippen molar-refractivity contribution in [1.29, 1.82) is 0 Å². The minimum Gasteiger partial charge on any atom is -0.330 e. The summed E-state index contributed by atoms with van der Waals surface area (Å²) in [6, 6.07) is 0. The van der Waals surface area contributed by atoms with Crippen LogP contribution in [0.15, 0.2) is 0 Å². The summed E-state index contributed by atoms with van der Waals surface area (Å²) in [5.41, 5.74) is 1.80. The highest BCUT2D eigenvalue weighted by Crippen LogP contribution is 2.67. The topological polar surface area (TPSA) is 3.24 Å². The van der Waals surface area contributed by atoms with E-state index in [0.29, 0.717) is 16.4 Å². The molecule has 116 valence electrons. The molecule has 2 heteroatoms. The maximum atomic E-state index is 2.76. The first-order valence-electron chi connectivity index (χ1n) is 8.55. The molecule has 0 aliphatic heterocycles. The molecule has 4 saturated carbocycles. The largest absolute Gasteiger partial charge is 0.330 e. The molecule has 4 aliphatic carbocycles. The van der Waals surface area contributed by atoms with E-state index in [9.17, 15) is 0 Å². The van der Waals surface area contributed by atoms with Gasteiger partial charge in [0.25, 0.3) is 0 Å². The average molecular weight is 279 g/mol. The van der Waals surface area contributed by atoms with Crippen molar-refractivity contribution in [3.8, 4) is 0 Å². The molecule has 0 amide bonds. The number of likely N-dealkylation sites (N-methyl/N-ethyl adjacent to an activating group) is 2. The Bertz CT molecular complexity index is 377. The summed E-state index contributed by atoms with van der Waals surface area (Å²) >= 11 is 0. The summed E-state index contributed by atoms with van der Waals surface area (Å²) in [5.74, 6) is 1.01. The molecule has 4 aliphatic rings. The van der Waals surface area contributed by atoms with E-state index >= 15 is 0 Å². The zero-order chi connectivity index (χ0) is 14.8. The van der Waals surface area contributed by atoms with Gasteiger partial charge in [0, 0.05) is 12.1 Å². The molecular formula is C18H35N2+. The third kappa shape index (κ3) is 2.54. The van der Waals surface area contributed by atoms with Crippen LogP contribution >= 0.6 is 0 Å². The van der Waals surface area contributed by atoms with Crippen molar-refractivity contribution >= 4 is 0 Å². The van der Waals surface area contributed by atoms with Gasteiger partial charge in [-0.05, 0) is 62.3 Å². The molecule has 0 N–H and O–H groups in total. The van der Waals surface area contributed by atoms with Gasteiger partial charge in [0.2, 0.25) is 0 Å². The van der Waals surface area contributed by atoms with Gasteiger partial charge in [0.15, 0.2) is 0 Å². The fraction of sp³-hybridized carbons (Fsp3) is 1.00. The molecular weight excluding hydrogens is 244 g/mol. The summed E-state index contributed by atoms with van der Waals surface area (Å²) in [6.07, 6.45) is 8.90. The maximum Gasteiger partial charge on any atom is 0.0909 e. The SMILES string of the molecule is CN(CC[N+](C)(C)C)C12CC3CC(C)(CC(C)(C3)C1)C2. The van der Waals surface area contributed by atoms with Gasteiger partial charge < -0.3 is 4.48 Å². The number of rotatable bonds is 4. The summed E-state index contributed by atoms with van der Waals surface area (Å²) in [5, 5.41) is 0. The molecule has 0 saturated heterocycles.